The summed E-state index contributed by atoms with van der Waals surface area (Å²) in [6.45, 7) is 12.4. The smallest absolute Gasteiger partial charge is 0.307 e. The number of rotatable bonds is 9. The number of benzene rings is 2. The molecule has 184 valence electrons. The number of ether oxygens (including phenoxy) is 1. The van der Waals surface area contributed by atoms with E-state index in [1.807, 2.05) is 53.6 Å². The first-order chi connectivity index (χ1) is 16.7. The van der Waals surface area contributed by atoms with Crippen molar-refractivity contribution in [1.82, 2.24) is 10.2 Å². The summed E-state index contributed by atoms with van der Waals surface area (Å²) in [7, 11) is 1.37. The first kappa shape index (κ1) is 26.0. The molecule has 2 aromatic carbocycles. The molecule has 2 atom stereocenters. The molecule has 5 nitrogen and oxygen atoms in total. The van der Waals surface area contributed by atoms with E-state index in [4.69, 9.17) is 4.74 Å². The van der Waals surface area contributed by atoms with Crippen molar-refractivity contribution in [3.05, 3.63) is 95.9 Å². The van der Waals surface area contributed by atoms with Gasteiger partial charge in [0, 0.05) is 11.9 Å². The van der Waals surface area contributed by atoms with Gasteiger partial charge in [0.1, 0.15) is 6.04 Å². The maximum atomic E-state index is 13.6. The minimum atomic E-state index is -0.523. The molecule has 0 bridgehead atoms. The molecule has 0 saturated heterocycles. The Morgan fingerprint density at radius 2 is 1.74 bits per heavy atom. The molecular formula is C30H36N2O3. The maximum absolute atomic E-state index is 13.6. The third-order valence-corrected chi connectivity index (χ3v) is 6.33. The molecule has 0 radical (unpaired) electrons. The van der Waals surface area contributed by atoms with Gasteiger partial charge < -0.3 is 15.0 Å². The fourth-order valence-corrected chi connectivity index (χ4v) is 4.38. The molecular weight excluding hydrogens is 436 g/mol. The van der Waals surface area contributed by atoms with Crippen LogP contribution < -0.4 is 5.32 Å². The number of nitrogens with zero attached hydrogens (tertiary/aromatic N) is 1. The highest BCUT2D eigenvalue weighted by Crippen LogP contribution is 2.31. The van der Waals surface area contributed by atoms with Gasteiger partial charge in [0.25, 0.3) is 0 Å². The van der Waals surface area contributed by atoms with Crippen LogP contribution in [0.15, 0.2) is 79.2 Å². The van der Waals surface area contributed by atoms with E-state index in [1.165, 1.54) is 12.7 Å². The molecule has 3 rings (SSSR count). The molecule has 0 aromatic heterocycles. The Morgan fingerprint density at radius 3 is 2.40 bits per heavy atom. The first-order valence-electron chi connectivity index (χ1n) is 12.1. The van der Waals surface area contributed by atoms with Crippen molar-refractivity contribution >= 4 is 11.9 Å². The summed E-state index contributed by atoms with van der Waals surface area (Å²) in [6, 6.07) is 13.3. The van der Waals surface area contributed by atoms with Crippen LogP contribution in [0.5, 0.6) is 0 Å². The van der Waals surface area contributed by atoms with Gasteiger partial charge in [-0.3, -0.25) is 9.59 Å². The van der Waals surface area contributed by atoms with Gasteiger partial charge in [0.15, 0.2) is 0 Å². The highest BCUT2D eigenvalue weighted by Gasteiger charge is 2.30. The van der Waals surface area contributed by atoms with Crippen molar-refractivity contribution in [2.24, 2.45) is 5.92 Å². The fraction of sp³-hybridized carbons (Fsp3) is 0.333. The normalized spacial score (nSPS) is 14.7. The van der Waals surface area contributed by atoms with Crippen LogP contribution in [-0.2, 0) is 14.3 Å². The Morgan fingerprint density at radius 1 is 1.03 bits per heavy atom. The summed E-state index contributed by atoms with van der Waals surface area (Å²) in [6.07, 6.45) is 8.27. The quantitative estimate of drug-likeness (QED) is 0.455. The molecule has 1 aliphatic heterocycles. The second-order valence-electron chi connectivity index (χ2n) is 9.48. The molecule has 2 aromatic rings. The van der Waals surface area contributed by atoms with E-state index in [0.29, 0.717) is 12.3 Å². The molecule has 0 aliphatic carbocycles. The van der Waals surface area contributed by atoms with E-state index in [1.54, 1.807) is 0 Å². The zero-order valence-corrected chi connectivity index (χ0v) is 21.4. The molecule has 1 heterocycles. The Kier molecular flexibility index (Phi) is 8.69. The minimum absolute atomic E-state index is 0.0452. The summed E-state index contributed by atoms with van der Waals surface area (Å²) < 4.78 is 4.96. The number of methoxy groups -OCH3 is 1. The van der Waals surface area contributed by atoms with Crippen molar-refractivity contribution in [3.63, 3.8) is 0 Å². The Bertz CT molecular complexity index is 1150. The molecule has 0 fully saturated rings. The lowest BCUT2D eigenvalue weighted by Gasteiger charge is -2.33. The summed E-state index contributed by atoms with van der Waals surface area (Å²) in [5.41, 5.74) is 6.14. The van der Waals surface area contributed by atoms with Crippen LogP contribution in [0.2, 0.25) is 0 Å². The van der Waals surface area contributed by atoms with Crippen molar-refractivity contribution in [1.29, 1.82) is 0 Å². The van der Waals surface area contributed by atoms with Crippen molar-refractivity contribution < 1.29 is 14.3 Å². The number of allylic oxidation sites excluding steroid dienone is 3. The van der Waals surface area contributed by atoms with E-state index < -0.39 is 12.1 Å². The van der Waals surface area contributed by atoms with Crippen molar-refractivity contribution in [2.75, 3.05) is 7.11 Å². The summed E-state index contributed by atoms with van der Waals surface area (Å²) in [5, 5.41) is 3.15. The lowest BCUT2D eigenvalue weighted by atomic mass is 9.92. The van der Waals surface area contributed by atoms with Gasteiger partial charge in [-0.1, -0.05) is 62.9 Å². The third kappa shape index (κ3) is 6.50. The highest BCUT2D eigenvalue weighted by atomic mass is 16.5. The Hall–Kier alpha value is -3.60. The Balaban J connectivity index is 1.96. The topological polar surface area (TPSA) is 58.6 Å². The van der Waals surface area contributed by atoms with E-state index in [2.05, 4.69) is 57.8 Å². The molecule has 1 amide bonds. The van der Waals surface area contributed by atoms with E-state index in [9.17, 15) is 9.59 Å². The zero-order chi connectivity index (χ0) is 25.5. The largest absolute Gasteiger partial charge is 0.469 e. The van der Waals surface area contributed by atoms with E-state index in [0.717, 1.165) is 28.0 Å². The Labute approximate surface area is 209 Å². The van der Waals surface area contributed by atoms with E-state index >= 15 is 0 Å². The van der Waals surface area contributed by atoms with Crippen LogP contribution in [0.4, 0.5) is 0 Å². The predicted octanol–water partition coefficient (Wildman–Crippen LogP) is 6.00. The number of carbonyl (C=O) groups is 2. The van der Waals surface area contributed by atoms with Crippen molar-refractivity contribution in [3.8, 4) is 11.1 Å². The number of esters is 1. The van der Waals surface area contributed by atoms with Gasteiger partial charge in [-0.15, -0.1) is 0 Å². The average Bonchev–Trinajstić information content (AvgIpc) is 2.83. The van der Waals surface area contributed by atoms with Crippen LogP contribution in [-0.4, -0.2) is 29.9 Å². The number of aryl methyl sites for hydroxylation is 2. The summed E-state index contributed by atoms with van der Waals surface area (Å²) in [5.74, 6) is -0.227. The number of hydrogen-bond donors (Lipinski definition) is 1. The van der Waals surface area contributed by atoms with E-state index in [-0.39, 0.29) is 18.3 Å². The average molecular weight is 473 g/mol. The number of amides is 1. The van der Waals surface area contributed by atoms with Gasteiger partial charge in [0.2, 0.25) is 5.91 Å². The second kappa shape index (κ2) is 11.7. The first-order valence-corrected chi connectivity index (χ1v) is 12.1. The standard InChI is InChI=1S/C30H36N2O3/c1-20(2)17-28(32-16-10-9-12-23(32)5)30(34)31-27(19-29(33)35-6)24-15-14-22(4)26(18-24)25-13-8-7-11-21(25)3/h7-16,18,20,27-28H,5,17,19H2,1-4,6H3,(H,31,34). The monoisotopic (exact) mass is 472 g/mol. The predicted molar refractivity (Wildman–Crippen MR) is 141 cm³/mol. The molecule has 35 heavy (non-hydrogen) atoms. The molecule has 1 aliphatic rings. The van der Waals surface area contributed by atoms with Crippen LogP contribution in [0.25, 0.3) is 11.1 Å². The maximum Gasteiger partial charge on any atom is 0.307 e. The molecule has 1 N–H and O–H groups in total. The molecule has 0 spiro atoms. The van der Waals surface area contributed by atoms with Crippen LogP contribution in [0, 0.1) is 19.8 Å². The number of nitrogens with one attached hydrogen (secondary N) is 1. The van der Waals surface area contributed by atoms with Crippen LogP contribution in [0.1, 0.15) is 49.4 Å². The van der Waals surface area contributed by atoms with Crippen LogP contribution in [0.3, 0.4) is 0 Å². The minimum Gasteiger partial charge on any atom is -0.469 e. The number of carbonyl (C=O) groups excluding carboxylic acids is 2. The lowest BCUT2D eigenvalue weighted by molar-refractivity contribution is -0.141. The van der Waals surface area contributed by atoms with Crippen LogP contribution >= 0.6 is 0 Å². The summed E-state index contributed by atoms with van der Waals surface area (Å²) >= 11 is 0. The van der Waals surface area contributed by atoms with Crippen molar-refractivity contribution in [2.45, 2.75) is 52.6 Å². The van der Waals surface area contributed by atoms with Gasteiger partial charge in [0.05, 0.1) is 19.6 Å². The molecule has 0 saturated carbocycles. The molecule has 5 heteroatoms. The lowest BCUT2D eigenvalue weighted by Crippen LogP contribution is -2.46. The SMILES string of the molecule is C=C1C=CC=CN1C(CC(C)C)C(=O)NC(CC(=O)OC)c1ccc(C)c(-c2ccccc2C)c1. The second-order valence-corrected chi connectivity index (χ2v) is 9.48. The molecule has 2 unspecified atom stereocenters. The van der Waals surface area contributed by atoms with Gasteiger partial charge in [-0.2, -0.15) is 0 Å². The van der Waals surface area contributed by atoms with Gasteiger partial charge in [-0.25, -0.2) is 0 Å². The highest BCUT2D eigenvalue weighted by molar-refractivity contribution is 5.84. The fourth-order valence-electron chi connectivity index (χ4n) is 4.38. The summed E-state index contributed by atoms with van der Waals surface area (Å²) in [4.78, 5) is 27.9. The number of hydrogen-bond acceptors (Lipinski definition) is 4. The zero-order valence-electron chi connectivity index (χ0n) is 21.4. The van der Waals surface area contributed by atoms with Gasteiger partial charge >= 0.3 is 5.97 Å². The van der Waals surface area contributed by atoms with Gasteiger partial charge in [-0.05, 0) is 72.2 Å². The third-order valence-electron chi connectivity index (χ3n) is 6.33.